The van der Waals surface area contributed by atoms with E-state index in [0.29, 0.717) is 49.7 Å². The molecule has 0 spiro atoms. The molecule has 206 valence electrons. The minimum Gasteiger partial charge on any atom is -0.493 e. The average molecular weight is 538 g/mol. The summed E-state index contributed by atoms with van der Waals surface area (Å²) in [6.07, 6.45) is 2.43. The van der Waals surface area contributed by atoms with Crippen molar-refractivity contribution in [3.63, 3.8) is 0 Å². The Morgan fingerprint density at radius 3 is 2.33 bits per heavy atom. The van der Waals surface area contributed by atoms with Crippen LogP contribution >= 0.6 is 0 Å². The van der Waals surface area contributed by atoms with E-state index in [9.17, 15) is 0 Å². The predicted molar refractivity (Wildman–Crippen MR) is 155 cm³/mol. The van der Waals surface area contributed by atoms with Crippen LogP contribution in [0.15, 0.2) is 90.2 Å². The summed E-state index contributed by atoms with van der Waals surface area (Å²) in [6, 6.07) is 26.3. The summed E-state index contributed by atoms with van der Waals surface area (Å²) >= 11 is 0. The van der Waals surface area contributed by atoms with Crippen molar-refractivity contribution in [2.45, 2.75) is 46.1 Å². The second-order valence-corrected chi connectivity index (χ2v) is 9.62. The van der Waals surface area contributed by atoms with Crippen molar-refractivity contribution in [3.8, 4) is 11.5 Å². The fourth-order valence-electron chi connectivity index (χ4n) is 4.51. The smallest absolute Gasteiger partial charge is 0.176 e. The van der Waals surface area contributed by atoms with E-state index in [4.69, 9.17) is 19.2 Å². The molecule has 0 aliphatic carbocycles. The number of aromatic nitrogens is 4. The number of hydrogen-bond donors (Lipinski definition) is 1. The number of nitrogens with one attached hydrogen (secondary N) is 1. The maximum Gasteiger partial charge on any atom is 0.176 e. The molecule has 8 heteroatoms. The summed E-state index contributed by atoms with van der Waals surface area (Å²) < 4.78 is 19.8. The maximum atomic E-state index is 6.13. The highest BCUT2D eigenvalue weighted by molar-refractivity contribution is 5.69. The Balaban J connectivity index is 1.37. The molecule has 0 aliphatic rings. The molecular formula is C32H35N5O3. The molecule has 0 saturated heterocycles. The average Bonchev–Trinajstić information content (AvgIpc) is 3.42. The van der Waals surface area contributed by atoms with Crippen molar-refractivity contribution in [2.75, 3.05) is 13.7 Å². The van der Waals surface area contributed by atoms with E-state index in [1.54, 1.807) is 13.4 Å². The third kappa shape index (κ3) is 6.76. The zero-order valence-electron chi connectivity index (χ0n) is 23.2. The maximum absolute atomic E-state index is 6.13. The molecule has 40 heavy (non-hydrogen) atoms. The molecule has 0 amide bonds. The highest BCUT2D eigenvalue weighted by Gasteiger charge is 2.14. The Bertz CT molecular complexity index is 1600. The van der Waals surface area contributed by atoms with Crippen molar-refractivity contribution in [1.82, 2.24) is 19.5 Å². The number of hydrogen-bond acceptors (Lipinski definition) is 6. The third-order valence-electron chi connectivity index (χ3n) is 6.53. The minimum atomic E-state index is -0.0142. The van der Waals surface area contributed by atoms with E-state index in [-0.39, 0.29) is 6.10 Å². The molecule has 0 saturated carbocycles. The summed E-state index contributed by atoms with van der Waals surface area (Å²) in [6.45, 7) is 6.28. The number of benzene rings is 3. The minimum absolute atomic E-state index is 0.0142. The van der Waals surface area contributed by atoms with Crippen LogP contribution < -0.4 is 15.0 Å². The SMILES string of the molecule is CCN=c1ncn(Cc2ccc(OC)c(OCc3ccccc3)c2)c2nc(CC(C)OCc3ccccc3)[nH]c12. The highest BCUT2D eigenvalue weighted by Crippen LogP contribution is 2.29. The van der Waals surface area contributed by atoms with E-state index in [2.05, 4.69) is 34.0 Å². The van der Waals surface area contributed by atoms with Gasteiger partial charge in [-0.3, -0.25) is 4.99 Å². The van der Waals surface area contributed by atoms with Crippen LogP contribution in [-0.4, -0.2) is 39.3 Å². The van der Waals surface area contributed by atoms with E-state index in [0.717, 1.165) is 33.7 Å². The molecule has 8 nitrogen and oxygen atoms in total. The normalized spacial score (nSPS) is 12.5. The Morgan fingerprint density at radius 1 is 0.900 bits per heavy atom. The van der Waals surface area contributed by atoms with Gasteiger partial charge in [-0.05, 0) is 42.7 Å². The number of ether oxygens (including phenoxy) is 3. The molecule has 5 rings (SSSR count). The molecule has 0 aliphatic heterocycles. The zero-order valence-corrected chi connectivity index (χ0v) is 23.2. The van der Waals surface area contributed by atoms with Crippen LogP contribution in [-0.2, 0) is 30.9 Å². The van der Waals surface area contributed by atoms with Gasteiger partial charge in [-0.15, -0.1) is 0 Å². The molecule has 2 aromatic heterocycles. The quantitative estimate of drug-likeness (QED) is 0.228. The van der Waals surface area contributed by atoms with Crippen LogP contribution in [0.5, 0.6) is 11.5 Å². The molecule has 5 aromatic rings. The Morgan fingerprint density at radius 2 is 1.62 bits per heavy atom. The first-order valence-electron chi connectivity index (χ1n) is 13.6. The monoisotopic (exact) mass is 537 g/mol. The number of aromatic amines is 1. The Hall–Kier alpha value is -4.43. The molecule has 3 aromatic carbocycles. The van der Waals surface area contributed by atoms with Crippen molar-refractivity contribution < 1.29 is 14.2 Å². The van der Waals surface area contributed by atoms with E-state index >= 15 is 0 Å². The first-order valence-corrected chi connectivity index (χ1v) is 13.6. The molecule has 2 heterocycles. The fourth-order valence-corrected chi connectivity index (χ4v) is 4.51. The molecule has 0 radical (unpaired) electrons. The van der Waals surface area contributed by atoms with Crippen molar-refractivity contribution >= 4 is 11.2 Å². The van der Waals surface area contributed by atoms with Gasteiger partial charge in [-0.1, -0.05) is 66.7 Å². The number of imidazole rings is 1. The van der Waals surface area contributed by atoms with E-state index in [1.165, 1.54) is 0 Å². The molecule has 1 unspecified atom stereocenters. The first-order chi connectivity index (χ1) is 19.6. The van der Waals surface area contributed by atoms with Gasteiger partial charge >= 0.3 is 0 Å². The summed E-state index contributed by atoms with van der Waals surface area (Å²) in [5.41, 5.74) is 5.57. The zero-order chi connectivity index (χ0) is 27.7. The summed E-state index contributed by atoms with van der Waals surface area (Å²) in [7, 11) is 1.65. The summed E-state index contributed by atoms with van der Waals surface area (Å²) in [5.74, 6) is 2.22. The molecule has 1 N–H and O–H groups in total. The standard InChI is InChI=1S/C32H35N5O3/c1-4-33-31-30-32(36-29(35-30)17-23(2)39-20-24-11-7-5-8-12-24)37(22-34-31)19-26-15-16-27(38-3)28(18-26)40-21-25-13-9-6-10-14-25/h5-16,18,22-23H,4,17,19-21H2,1-3H3,(H,35,36). The summed E-state index contributed by atoms with van der Waals surface area (Å²) in [4.78, 5) is 17.6. The Kier molecular flexibility index (Phi) is 8.88. The lowest BCUT2D eigenvalue weighted by atomic mass is 10.2. The second kappa shape index (κ2) is 13.1. The summed E-state index contributed by atoms with van der Waals surface area (Å²) in [5, 5.41) is 0. The van der Waals surface area contributed by atoms with Gasteiger partial charge in [0.25, 0.3) is 0 Å². The van der Waals surface area contributed by atoms with Crippen LogP contribution in [0.25, 0.3) is 11.2 Å². The number of methoxy groups -OCH3 is 1. The largest absolute Gasteiger partial charge is 0.493 e. The van der Waals surface area contributed by atoms with Gasteiger partial charge in [0.1, 0.15) is 17.9 Å². The topological polar surface area (TPSA) is 86.6 Å². The van der Waals surface area contributed by atoms with Gasteiger partial charge in [0.15, 0.2) is 22.6 Å². The highest BCUT2D eigenvalue weighted by atomic mass is 16.5. The Labute approximate surface area is 234 Å². The molecule has 0 bridgehead atoms. The predicted octanol–water partition coefficient (Wildman–Crippen LogP) is 5.46. The molecular weight excluding hydrogens is 502 g/mol. The van der Waals surface area contributed by atoms with Gasteiger partial charge in [0.2, 0.25) is 0 Å². The number of fused-ring (bicyclic) bond motifs is 1. The van der Waals surface area contributed by atoms with Gasteiger partial charge in [0.05, 0.1) is 32.7 Å². The van der Waals surface area contributed by atoms with Crippen molar-refractivity contribution in [3.05, 3.63) is 113 Å². The van der Waals surface area contributed by atoms with Crippen LogP contribution in [0.2, 0.25) is 0 Å². The molecule has 1 atom stereocenters. The van der Waals surface area contributed by atoms with Gasteiger partial charge < -0.3 is 23.8 Å². The van der Waals surface area contributed by atoms with Gasteiger partial charge in [0, 0.05) is 13.0 Å². The van der Waals surface area contributed by atoms with Crippen LogP contribution in [0, 0.1) is 0 Å². The first kappa shape index (κ1) is 27.1. The van der Waals surface area contributed by atoms with Crippen LogP contribution in [0.1, 0.15) is 36.4 Å². The number of nitrogens with zero attached hydrogens (tertiary/aromatic N) is 4. The van der Waals surface area contributed by atoms with E-state index < -0.39 is 0 Å². The van der Waals surface area contributed by atoms with Crippen molar-refractivity contribution in [2.24, 2.45) is 4.99 Å². The van der Waals surface area contributed by atoms with Gasteiger partial charge in [-0.25, -0.2) is 9.97 Å². The van der Waals surface area contributed by atoms with Crippen molar-refractivity contribution in [1.29, 1.82) is 0 Å². The van der Waals surface area contributed by atoms with Crippen LogP contribution in [0.4, 0.5) is 0 Å². The number of rotatable bonds is 12. The van der Waals surface area contributed by atoms with Gasteiger partial charge in [-0.2, -0.15) is 0 Å². The lowest BCUT2D eigenvalue weighted by molar-refractivity contribution is 0.0524. The second-order valence-electron chi connectivity index (χ2n) is 9.62. The van der Waals surface area contributed by atoms with Crippen LogP contribution in [0.3, 0.4) is 0 Å². The van der Waals surface area contributed by atoms with E-state index in [1.807, 2.05) is 78.2 Å². The fraction of sp³-hybridized carbons (Fsp3) is 0.281. The number of H-pyrrole nitrogens is 1. The lowest BCUT2D eigenvalue weighted by Gasteiger charge is -2.14. The lowest BCUT2D eigenvalue weighted by Crippen LogP contribution is -2.15. The third-order valence-corrected chi connectivity index (χ3v) is 6.53. The molecule has 0 fully saturated rings.